The summed E-state index contributed by atoms with van der Waals surface area (Å²) in [5, 5.41) is 2.90. The van der Waals surface area contributed by atoms with Gasteiger partial charge in [-0.2, -0.15) is 0 Å². The molecule has 0 aliphatic carbocycles. The first kappa shape index (κ1) is 21.5. The molecule has 4 rings (SSSR count). The number of carbonyl (C=O) groups excluding carboxylic acids is 2. The molecule has 2 amide bonds. The van der Waals surface area contributed by atoms with E-state index in [1.54, 1.807) is 17.2 Å². The number of aryl methyl sites for hydroxylation is 1. The minimum atomic E-state index is -0.511. The van der Waals surface area contributed by atoms with Crippen molar-refractivity contribution in [1.29, 1.82) is 0 Å². The summed E-state index contributed by atoms with van der Waals surface area (Å²) in [6.07, 6.45) is 7.67. The summed E-state index contributed by atoms with van der Waals surface area (Å²) in [7, 11) is 0. The van der Waals surface area contributed by atoms with Gasteiger partial charge in [-0.3, -0.25) is 9.78 Å². The molecule has 0 spiro atoms. The fourth-order valence-electron chi connectivity index (χ4n) is 3.51. The van der Waals surface area contributed by atoms with Crippen molar-refractivity contribution in [2.45, 2.75) is 39.7 Å². The van der Waals surface area contributed by atoms with Crippen LogP contribution in [-0.4, -0.2) is 50.0 Å². The Balaban J connectivity index is 1.39. The maximum absolute atomic E-state index is 12.6. The molecule has 8 nitrogen and oxygen atoms in total. The van der Waals surface area contributed by atoms with Crippen molar-refractivity contribution in [2.24, 2.45) is 0 Å². The van der Waals surface area contributed by atoms with E-state index in [0.717, 1.165) is 22.6 Å². The lowest BCUT2D eigenvalue weighted by Gasteiger charge is -2.29. The number of hydrogen-bond donors (Lipinski definition) is 1. The number of amides is 2. The Morgan fingerprint density at radius 2 is 1.94 bits per heavy atom. The zero-order valence-electron chi connectivity index (χ0n) is 18.8. The van der Waals surface area contributed by atoms with Crippen LogP contribution in [0.15, 0.2) is 48.9 Å². The number of ether oxygens (including phenoxy) is 1. The summed E-state index contributed by atoms with van der Waals surface area (Å²) in [5.74, 6) is -0.228. The number of nitrogens with zero attached hydrogens (tertiary/aromatic N) is 4. The number of nitrogens with one attached hydrogen (secondary N) is 1. The van der Waals surface area contributed by atoms with Gasteiger partial charge in [-0.25, -0.2) is 9.78 Å². The molecule has 0 saturated carbocycles. The summed E-state index contributed by atoms with van der Waals surface area (Å²) in [5.41, 5.74) is 4.25. The topological polar surface area (TPSA) is 88.8 Å². The highest BCUT2D eigenvalue weighted by Crippen LogP contribution is 2.22. The van der Waals surface area contributed by atoms with E-state index in [9.17, 15) is 9.59 Å². The number of pyridine rings is 2. The number of hydrogen-bond acceptors (Lipinski definition) is 5. The SMILES string of the molecule is Cc1cn2cc(NC(=O)c3ccc(C4=CCN(C(=O)OC(C)(C)C)CC4)nc3)ccc2n1. The minimum Gasteiger partial charge on any atom is -0.444 e. The quantitative estimate of drug-likeness (QED) is 0.665. The van der Waals surface area contributed by atoms with Crippen molar-refractivity contribution in [3.8, 4) is 0 Å². The summed E-state index contributed by atoms with van der Waals surface area (Å²) in [6.45, 7) is 8.54. The lowest BCUT2D eigenvalue weighted by molar-refractivity contribution is 0.0270. The van der Waals surface area contributed by atoms with Gasteiger partial charge in [0.1, 0.15) is 11.2 Å². The zero-order chi connectivity index (χ0) is 22.9. The highest BCUT2D eigenvalue weighted by molar-refractivity contribution is 6.04. The summed E-state index contributed by atoms with van der Waals surface area (Å²) < 4.78 is 7.30. The van der Waals surface area contributed by atoms with Crippen LogP contribution in [-0.2, 0) is 4.74 Å². The first-order chi connectivity index (χ1) is 15.2. The van der Waals surface area contributed by atoms with Crippen molar-refractivity contribution in [1.82, 2.24) is 19.3 Å². The first-order valence-electron chi connectivity index (χ1n) is 10.6. The van der Waals surface area contributed by atoms with Crippen LogP contribution >= 0.6 is 0 Å². The highest BCUT2D eigenvalue weighted by Gasteiger charge is 2.24. The Morgan fingerprint density at radius 3 is 2.59 bits per heavy atom. The molecule has 1 N–H and O–H groups in total. The van der Waals surface area contributed by atoms with Crippen LogP contribution in [0.25, 0.3) is 11.2 Å². The normalized spacial score (nSPS) is 14.2. The third-order valence-electron chi connectivity index (χ3n) is 5.04. The summed E-state index contributed by atoms with van der Waals surface area (Å²) in [6, 6.07) is 7.29. The van der Waals surface area contributed by atoms with Gasteiger partial charge >= 0.3 is 6.09 Å². The predicted octanol–water partition coefficient (Wildman–Crippen LogP) is 4.31. The Morgan fingerprint density at radius 1 is 1.12 bits per heavy atom. The second kappa shape index (κ2) is 8.45. The summed E-state index contributed by atoms with van der Waals surface area (Å²) in [4.78, 5) is 35.4. The average molecular weight is 434 g/mol. The van der Waals surface area contributed by atoms with Gasteiger partial charge in [0.25, 0.3) is 5.91 Å². The van der Waals surface area contributed by atoms with Crippen molar-refractivity contribution in [3.05, 3.63) is 65.9 Å². The van der Waals surface area contributed by atoms with E-state index < -0.39 is 5.60 Å². The van der Waals surface area contributed by atoms with Gasteiger partial charge in [-0.15, -0.1) is 0 Å². The van der Waals surface area contributed by atoms with E-state index in [4.69, 9.17) is 4.74 Å². The van der Waals surface area contributed by atoms with Gasteiger partial charge in [-0.1, -0.05) is 6.08 Å². The van der Waals surface area contributed by atoms with Gasteiger partial charge in [0.2, 0.25) is 0 Å². The van der Waals surface area contributed by atoms with Gasteiger partial charge in [0.05, 0.1) is 22.6 Å². The van der Waals surface area contributed by atoms with Gasteiger partial charge in [-0.05, 0) is 64.0 Å². The zero-order valence-corrected chi connectivity index (χ0v) is 18.8. The van der Waals surface area contributed by atoms with E-state index in [2.05, 4.69) is 15.3 Å². The van der Waals surface area contributed by atoms with Crippen LogP contribution in [0.1, 0.15) is 48.9 Å². The van der Waals surface area contributed by atoms with Crippen molar-refractivity contribution in [2.75, 3.05) is 18.4 Å². The molecule has 8 heteroatoms. The molecule has 166 valence electrons. The molecular formula is C24H27N5O3. The number of fused-ring (bicyclic) bond motifs is 1. The molecule has 1 aliphatic rings. The third kappa shape index (κ3) is 4.96. The molecule has 0 fully saturated rings. The smallest absolute Gasteiger partial charge is 0.410 e. The molecule has 0 saturated heterocycles. The lowest BCUT2D eigenvalue weighted by atomic mass is 10.0. The number of anilines is 1. The second-order valence-corrected chi connectivity index (χ2v) is 8.86. The van der Waals surface area contributed by atoms with Crippen molar-refractivity contribution in [3.63, 3.8) is 0 Å². The maximum Gasteiger partial charge on any atom is 0.410 e. The largest absolute Gasteiger partial charge is 0.444 e. The van der Waals surface area contributed by atoms with Crippen molar-refractivity contribution >= 4 is 28.9 Å². The molecule has 0 radical (unpaired) electrons. The van der Waals surface area contributed by atoms with Crippen LogP contribution < -0.4 is 5.32 Å². The van der Waals surface area contributed by atoms with Gasteiger partial charge in [0.15, 0.2) is 0 Å². The average Bonchev–Trinajstić information content (AvgIpc) is 3.12. The second-order valence-electron chi connectivity index (χ2n) is 8.86. The number of imidazole rings is 1. The van der Waals surface area contributed by atoms with E-state index in [1.165, 1.54) is 0 Å². The van der Waals surface area contributed by atoms with Crippen LogP contribution in [0.3, 0.4) is 0 Å². The molecule has 0 aromatic carbocycles. The Bertz CT molecular complexity index is 1190. The number of rotatable bonds is 3. The number of aromatic nitrogens is 3. The first-order valence-corrected chi connectivity index (χ1v) is 10.6. The Labute approximate surface area is 186 Å². The molecule has 3 aromatic heterocycles. The molecular weight excluding hydrogens is 406 g/mol. The Hall–Kier alpha value is -3.68. The molecule has 4 heterocycles. The van der Waals surface area contributed by atoms with Crippen LogP contribution in [0.5, 0.6) is 0 Å². The number of carbonyl (C=O) groups is 2. The van der Waals surface area contributed by atoms with Crippen molar-refractivity contribution < 1.29 is 14.3 Å². The minimum absolute atomic E-state index is 0.228. The monoisotopic (exact) mass is 433 g/mol. The standard InChI is InChI=1S/C24H27N5O3/c1-16-14-29-15-19(6-8-21(29)26-16)27-22(30)18-5-7-20(25-13-18)17-9-11-28(12-10-17)23(31)32-24(2,3)4/h5-9,13-15H,10-12H2,1-4H3,(H,27,30). The molecule has 0 bridgehead atoms. The van der Waals surface area contributed by atoms with Gasteiger partial charge < -0.3 is 19.4 Å². The lowest BCUT2D eigenvalue weighted by Crippen LogP contribution is -2.39. The molecule has 32 heavy (non-hydrogen) atoms. The van der Waals surface area contributed by atoms with E-state index in [0.29, 0.717) is 30.8 Å². The third-order valence-corrected chi connectivity index (χ3v) is 5.04. The molecule has 3 aromatic rings. The maximum atomic E-state index is 12.6. The van der Waals surface area contributed by atoms with Crippen LogP contribution in [0.4, 0.5) is 10.5 Å². The molecule has 0 unspecified atom stereocenters. The van der Waals surface area contributed by atoms with Crippen LogP contribution in [0, 0.1) is 6.92 Å². The van der Waals surface area contributed by atoms with E-state index >= 15 is 0 Å². The summed E-state index contributed by atoms with van der Waals surface area (Å²) >= 11 is 0. The Kier molecular flexibility index (Phi) is 5.69. The predicted molar refractivity (Wildman–Crippen MR) is 123 cm³/mol. The van der Waals surface area contributed by atoms with E-state index in [1.807, 2.05) is 68.8 Å². The fraction of sp³-hybridized carbons (Fsp3) is 0.333. The molecule has 0 atom stereocenters. The highest BCUT2D eigenvalue weighted by atomic mass is 16.6. The van der Waals surface area contributed by atoms with Gasteiger partial charge in [0, 0.05) is 31.7 Å². The fourth-order valence-corrected chi connectivity index (χ4v) is 3.51. The molecule has 1 aliphatic heterocycles. The van der Waals surface area contributed by atoms with Crippen LogP contribution in [0.2, 0.25) is 0 Å². The van der Waals surface area contributed by atoms with E-state index in [-0.39, 0.29) is 12.0 Å².